The SMILES string of the molecule is N#Cc1ccc(NCc2ccc(CSC(F)F)o2)cc1. The number of halogens is 2. The molecule has 0 unspecified atom stereocenters. The first-order chi connectivity index (χ1) is 9.67. The van der Waals surface area contributed by atoms with Gasteiger partial charge in [-0.15, -0.1) is 0 Å². The predicted octanol–water partition coefficient (Wildman–Crippen LogP) is 4.22. The van der Waals surface area contributed by atoms with Gasteiger partial charge in [0.2, 0.25) is 0 Å². The van der Waals surface area contributed by atoms with Gasteiger partial charge in [0.25, 0.3) is 5.76 Å². The number of anilines is 1. The Balaban J connectivity index is 1.86. The Kier molecular flexibility index (Phi) is 5.02. The Morgan fingerprint density at radius 1 is 1.15 bits per heavy atom. The van der Waals surface area contributed by atoms with Crippen LogP contribution in [0.15, 0.2) is 40.8 Å². The number of hydrogen-bond acceptors (Lipinski definition) is 4. The van der Waals surface area contributed by atoms with Gasteiger partial charge in [-0.3, -0.25) is 0 Å². The predicted molar refractivity (Wildman–Crippen MR) is 74.5 cm³/mol. The van der Waals surface area contributed by atoms with Crippen molar-refractivity contribution >= 4 is 17.4 Å². The van der Waals surface area contributed by atoms with Gasteiger partial charge in [0.15, 0.2) is 0 Å². The highest BCUT2D eigenvalue weighted by molar-refractivity contribution is 7.98. The van der Waals surface area contributed by atoms with Crippen LogP contribution in [0.3, 0.4) is 0 Å². The Bertz CT molecular complexity index is 590. The first kappa shape index (κ1) is 14.4. The van der Waals surface area contributed by atoms with Crippen molar-refractivity contribution in [2.75, 3.05) is 5.32 Å². The molecule has 0 aliphatic rings. The molecule has 0 saturated heterocycles. The van der Waals surface area contributed by atoms with Gasteiger partial charge in [-0.1, -0.05) is 11.8 Å². The lowest BCUT2D eigenvalue weighted by molar-refractivity contribution is 0.251. The molecule has 0 amide bonds. The van der Waals surface area contributed by atoms with Crippen LogP contribution in [0.5, 0.6) is 0 Å². The molecule has 0 aliphatic heterocycles. The summed E-state index contributed by atoms with van der Waals surface area (Å²) in [5.74, 6) is -1.01. The number of nitriles is 1. The second-order valence-electron chi connectivity index (χ2n) is 3.98. The van der Waals surface area contributed by atoms with E-state index in [-0.39, 0.29) is 5.75 Å². The van der Waals surface area contributed by atoms with Gasteiger partial charge >= 0.3 is 0 Å². The number of benzene rings is 1. The number of thioether (sulfide) groups is 1. The molecule has 20 heavy (non-hydrogen) atoms. The molecule has 1 N–H and O–H groups in total. The summed E-state index contributed by atoms with van der Waals surface area (Å²) in [6, 6.07) is 12.5. The summed E-state index contributed by atoms with van der Waals surface area (Å²) >= 11 is 0.538. The molecule has 0 radical (unpaired) electrons. The number of nitrogens with zero attached hydrogens (tertiary/aromatic N) is 1. The van der Waals surface area contributed by atoms with Gasteiger partial charge in [0.1, 0.15) is 11.5 Å². The molecule has 0 atom stereocenters. The average molecular weight is 294 g/mol. The molecular formula is C14H12F2N2OS. The van der Waals surface area contributed by atoms with Crippen LogP contribution in [0.25, 0.3) is 0 Å². The van der Waals surface area contributed by atoms with Crippen LogP contribution in [-0.4, -0.2) is 5.76 Å². The summed E-state index contributed by atoms with van der Waals surface area (Å²) in [5.41, 5.74) is 1.46. The Morgan fingerprint density at radius 3 is 2.50 bits per heavy atom. The van der Waals surface area contributed by atoms with Crippen molar-refractivity contribution in [3.8, 4) is 6.07 Å². The third-order valence-corrected chi connectivity index (χ3v) is 3.25. The summed E-state index contributed by atoms with van der Waals surface area (Å²) in [6.45, 7) is 0.464. The fourth-order valence-corrected chi connectivity index (χ4v) is 2.04. The summed E-state index contributed by atoms with van der Waals surface area (Å²) in [6.07, 6.45) is 0. The second-order valence-corrected chi connectivity index (χ2v) is 4.96. The number of hydrogen-bond donors (Lipinski definition) is 1. The van der Waals surface area contributed by atoms with E-state index in [4.69, 9.17) is 9.68 Å². The minimum Gasteiger partial charge on any atom is -0.463 e. The van der Waals surface area contributed by atoms with Crippen molar-refractivity contribution in [1.82, 2.24) is 0 Å². The molecule has 1 heterocycles. The van der Waals surface area contributed by atoms with E-state index in [0.29, 0.717) is 35.4 Å². The molecule has 1 aromatic carbocycles. The quantitative estimate of drug-likeness (QED) is 0.866. The van der Waals surface area contributed by atoms with Crippen molar-refractivity contribution in [3.05, 3.63) is 53.5 Å². The molecule has 0 saturated carbocycles. The molecule has 2 rings (SSSR count). The number of nitrogens with one attached hydrogen (secondary N) is 1. The Hall–Kier alpha value is -2.00. The molecule has 0 fully saturated rings. The largest absolute Gasteiger partial charge is 0.463 e. The molecule has 2 aromatic rings. The molecule has 1 aromatic heterocycles. The highest BCUT2D eigenvalue weighted by atomic mass is 32.2. The molecule has 0 bridgehead atoms. The van der Waals surface area contributed by atoms with E-state index < -0.39 is 5.76 Å². The zero-order valence-corrected chi connectivity index (χ0v) is 11.3. The summed E-state index contributed by atoms with van der Waals surface area (Å²) in [4.78, 5) is 0. The van der Waals surface area contributed by atoms with E-state index >= 15 is 0 Å². The van der Waals surface area contributed by atoms with Crippen LogP contribution < -0.4 is 5.32 Å². The van der Waals surface area contributed by atoms with Crippen molar-refractivity contribution < 1.29 is 13.2 Å². The van der Waals surface area contributed by atoms with Gasteiger partial charge in [0, 0.05) is 5.69 Å². The van der Waals surface area contributed by atoms with Crippen molar-refractivity contribution in [3.63, 3.8) is 0 Å². The van der Waals surface area contributed by atoms with Gasteiger partial charge in [-0.25, -0.2) is 0 Å². The minimum absolute atomic E-state index is 0.161. The van der Waals surface area contributed by atoms with Crippen LogP contribution in [0.1, 0.15) is 17.1 Å². The lowest BCUT2D eigenvalue weighted by Gasteiger charge is -2.04. The Morgan fingerprint density at radius 2 is 1.85 bits per heavy atom. The number of alkyl halides is 2. The zero-order valence-electron chi connectivity index (χ0n) is 10.5. The maximum Gasteiger partial charge on any atom is 0.284 e. The molecule has 0 spiro atoms. The van der Waals surface area contributed by atoms with Gasteiger partial charge < -0.3 is 9.73 Å². The molecule has 3 nitrogen and oxygen atoms in total. The normalized spacial score (nSPS) is 10.5. The fraction of sp³-hybridized carbons (Fsp3) is 0.214. The smallest absolute Gasteiger partial charge is 0.284 e. The molecule has 6 heteroatoms. The van der Waals surface area contributed by atoms with Crippen LogP contribution in [0.2, 0.25) is 0 Å². The zero-order chi connectivity index (χ0) is 14.4. The minimum atomic E-state index is -2.39. The number of furan rings is 1. The molecular weight excluding hydrogens is 282 g/mol. The third-order valence-electron chi connectivity index (χ3n) is 2.55. The Labute approximate surface area is 119 Å². The first-order valence-corrected chi connectivity index (χ1v) is 6.93. The van der Waals surface area contributed by atoms with Crippen LogP contribution >= 0.6 is 11.8 Å². The summed E-state index contributed by atoms with van der Waals surface area (Å²) < 4.78 is 29.5. The standard InChI is InChI=1S/C14H12F2N2OS/c15-14(16)20-9-13-6-5-12(19-13)8-18-11-3-1-10(7-17)2-4-11/h1-6,14,18H,8-9H2. The topological polar surface area (TPSA) is 49.0 Å². The average Bonchev–Trinajstić information content (AvgIpc) is 2.91. The lowest BCUT2D eigenvalue weighted by Crippen LogP contribution is -1.97. The maximum atomic E-state index is 12.0. The maximum absolute atomic E-state index is 12.0. The monoisotopic (exact) mass is 294 g/mol. The van der Waals surface area contributed by atoms with Crippen LogP contribution in [-0.2, 0) is 12.3 Å². The summed E-state index contributed by atoms with van der Waals surface area (Å²) in [7, 11) is 0. The molecule has 0 aliphatic carbocycles. The first-order valence-electron chi connectivity index (χ1n) is 5.89. The van der Waals surface area contributed by atoms with Crippen molar-refractivity contribution in [2.45, 2.75) is 18.1 Å². The number of rotatable bonds is 6. The van der Waals surface area contributed by atoms with Crippen molar-refractivity contribution in [2.24, 2.45) is 0 Å². The molecule has 104 valence electrons. The van der Waals surface area contributed by atoms with E-state index in [1.54, 1.807) is 36.4 Å². The van der Waals surface area contributed by atoms with Gasteiger partial charge in [-0.2, -0.15) is 14.0 Å². The van der Waals surface area contributed by atoms with Gasteiger partial charge in [-0.05, 0) is 36.4 Å². The van der Waals surface area contributed by atoms with Crippen LogP contribution in [0, 0.1) is 11.3 Å². The third kappa shape index (κ3) is 4.28. The fourth-order valence-electron chi connectivity index (χ4n) is 1.59. The van der Waals surface area contributed by atoms with Crippen molar-refractivity contribution in [1.29, 1.82) is 5.26 Å². The van der Waals surface area contributed by atoms with E-state index in [9.17, 15) is 8.78 Å². The highest BCUT2D eigenvalue weighted by Crippen LogP contribution is 2.21. The van der Waals surface area contributed by atoms with E-state index in [0.717, 1.165) is 5.69 Å². The second kappa shape index (κ2) is 6.96. The van der Waals surface area contributed by atoms with E-state index in [1.165, 1.54) is 0 Å². The summed E-state index contributed by atoms with van der Waals surface area (Å²) in [5, 5.41) is 11.8. The van der Waals surface area contributed by atoms with Crippen LogP contribution in [0.4, 0.5) is 14.5 Å². The lowest BCUT2D eigenvalue weighted by atomic mass is 10.2. The van der Waals surface area contributed by atoms with Gasteiger partial charge in [0.05, 0.1) is 23.9 Å². The van der Waals surface area contributed by atoms with E-state index in [2.05, 4.69) is 5.32 Å². The van der Waals surface area contributed by atoms with E-state index in [1.807, 2.05) is 6.07 Å². The highest BCUT2D eigenvalue weighted by Gasteiger charge is 2.07.